The lowest BCUT2D eigenvalue weighted by atomic mass is 9.95. The van der Waals surface area contributed by atoms with E-state index < -0.39 is 17.7 Å². The average Bonchev–Trinajstić information content (AvgIpc) is 2.95. The number of hydrogen-bond donors (Lipinski definition) is 1. The Hall–Kier alpha value is -2.34. The number of aliphatic hydroxyl groups excluding tert-OH is 1. The molecule has 1 aliphatic rings. The van der Waals surface area contributed by atoms with E-state index in [-0.39, 0.29) is 11.3 Å². The minimum atomic E-state index is -0.733. The van der Waals surface area contributed by atoms with Gasteiger partial charge >= 0.3 is 0 Å². The molecule has 0 saturated carbocycles. The van der Waals surface area contributed by atoms with Crippen LogP contribution in [-0.4, -0.2) is 53.8 Å². The quantitative estimate of drug-likeness (QED) is 0.397. The molecule has 2 aromatic rings. The SMILES string of the molecule is Cc1ccc(/C(O)=C2\C(=O)C(=O)N(CCCN(C)C)C2c2ccc(Cl)c(Cl)c2)cc1. The first-order valence-corrected chi connectivity index (χ1v) is 10.4. The van der Waals surface area contributed by atoms with E-state index in [2.05, 4.69) is 0 Å². The lowest BCUT2D eigenvalue weighted by Crippen LogP contribution is -2.32. The van der Waals surface area contributed by atoms with Gasteiger partial charge in [0.25, 0.3) is 11.7 Å². The number of benzene rings is 2. The normalized spacial score (nSPS) is 18.5. The van der Waals surface area contributed by atoms with Crippen LogP contribution in [-0.2, 0) is 9.59 Å². The molecular formula is C23H24Cl2N2O3. The summed E-state index contributed by atoms with van der Waals surface area (Å²) in [6.07, 6.45) is 0.683. The zero-order valence-electron chi connectivity index (χ0n) is 17.2. The lowest BCUT2D eigenvalue weighted by Gasteiger charge is -2.26. The molecule has 1 aliphatic heterocycles. The summed E-state index contributed by atoms with van der Waals surface area (Å²) in [6.45, 7) is 3.07. The number of rotatable bonds is 6. The molecule has 1 unspecified atom stereocenters. The van der Waals surface area contributed by atoms with Crippen LogP contribution in [0.15, 0.2) is 48.0 Å². The van der Waals surface area contributed by atoms with Crippen molar-refractivity contribution in [2.45, 2.75) is 19.4 Å². The number of carbonyl (C=O) groups excluding carboxylic acids is 2. The van der Waals surface area contributed by atoms with Gasteiger partial charge in [0.05, 0.1) is 21.7 Å². The van der Waals surface area contributed by atoms with E-state index in [1.807, 2.05) is 38.1 Å². The number of aryl methyl sites for hydroxylation is 1. The second-order valence-electron chi connectivity index (χ2n) is 7.69. The van der Waals surface area contributed by atoms with Crippen LogP contribution < -0.4 is 0 Å². The number of halogens is 2. The van der Waals surface area contributed by atoms with Gasteiger partial charge in [0.15, 0.2) is 0 Å². The fourth-order valence-electron chi connectivity index (χ4n) is 3.56. The van der Waals surface area contributed by atoms with Crippen molar-refractivity contribution in [3.05, 3.63) is 74.8 Å². The molecule has 1 saturated heterocycles. The van der Waals surface area contributed by atoms with Gasteiger partial charge in [-0.1, -0.05) is 59.1 Å². The smallest absolute Gasteiger partial charge is 0.295 e. The minimum absolute atomic E-state index is 0.0621. The van der Waals surface area contributed by atoms with Gasteiger partial charge in [0, 0.05) is 12.1 Å². The fraction of sp³-hybridized carbons (Fsp3) is 0.304. The van der Waals surface area contributed by atoms with Crippen molar-refractivity contribution in [3.8, 4) is 0 Å². The van der Waals surface area contributed by atoms with Crippen molar-refractivity contribution in [3.63, 3.8) is 0 Å². The molecule has 2 aromatic carbocycles. The summed E-state index contributed by atoms with van der Waals surface area (Å²) in [5, 5.41) is 11.7. The van der Waals surface area contributed by atoms with Crippen LogP contribution in [0.25, 0.3) is 5.76 Å². The van der Waals surface area contributed by atoms with Gasteiger partial charge in [-0.2, -0.15) is 0 Å². The van der Waals surface area contributed by atoms with E-state index in [0.29, 0.717) is 34.1 Å². The van der Waals surface area contributed by atoms with Gasteiger partial charge in [-0.15, -0.1) is 0 Å². The highest BCUT2D eigenvalue weighted by atomic mass is 35.5. The second kappa shape index (κ2) is 9.21. The molecule has 1 N–H and O–H groups in total. The third-order valence-electron chi connectivity index (χ3n) is 5.13. The number of amides is 1. The molecule has 7 heteroatoms. The molecule has 1 atom stereocenters. The molecule has 1 fully saturated rings. The topological polar surface area (TPSA) is 60.9 Å². The Balaban J connectivity index is 2.11. The first-order chi connectivity index (χ1) is 14.2. The van der Waals surface area contributed by atoms with Crippen LogP contribution >= 0.6 is 23.2 Å². The van der Waals surface area contributed by atoms with E-state index >= 15 is 0 Å². The van der Waals surface area contributed by atoms with Crippen LogP contribution in [0, 0.1) is 6.92 Å². The summed E-state index contributed by atoms with van der Waals surface area (Å²) < 4.78 is 0. The van der Waals surface area contributed by atoms with Gasteiger partial charge in [-0.05, 0) is 51.7 Å². The Morgan fingerprint density at radius 3 is 2.33 bits per heavy atom. The number of likely N-dealkylation sites (tertiary alicyclic amines) is 1. The number of ketones is 1. The van der Waals surface area contributed by atoms with E-state index in [1.54, 1.807) is 30.3 Å². The maximum atomic E-state index is 13.0. The summed E-state index contributed by atoms with van der Waals surface area (Å²) in [7, 11) is 3.89. The van der Waals surface area contributed by atoms with E-state index in [4.69, 9.17) is 23.2 Å². The van der Waals surface area contributed by atoms with Crippen LogP contribution in [0.1, 0.15) is 29.2 Å². The predicted molar refractivity (Wildman–Crippen MR) is 120 cm³/mol. The number of Topliss-reactive ketones (excluding diaryl/α,β-unsaturated/α-hetero) is 1. The maximum absolute atomic E-state index is 13.0. The van der Waals surface area contributed by atoms with Crippen molar-refractivity contribution in [1.82, 2.24) is 9.80 Å². The molecule has 1 heterocycles. The molecule has 0 aromatic heterocycles. The predicted octanol–water partition coefficient (Wildman–Crippen LogP) is 4.68. The highest BCUT2D eigenvalue weighted by Gasteiger charge is 2.45. The van der Waals surface area contributed by atoms with Gasteiger partial charge in [0.1, 0.15) is 5.76 Å². The summed E-state index contributed by atoms with van der Waals surface area (Å²) >= 11 is 12.3. The van der Waals surface area contributed by atoms with Crippen molar-refractivity contribution < 1.29 is 14.7 Å². The molecule has 158 valence electrons. The summed E-state index contributed by atoms with van der Waals surface area (Å²) in [6, 6.07) is 11.4. The Labute approximate surface area is 186 Å². The van der Waals surface area contributed by atoms with Crippen LogP contribution in [0.4, 0.5) is 0 Å². The lowest BCUT2D eigenvalue weighted by molar-refractivity contribution is -0.139. The number of hydrogen-bond acceptors (Lipinski definition) is 4. The number of aliphatic hydroxyl groups is 1. The van der Waals surface area contributed by atoms with Gasteiger partial charge < -0.3 is 14.9 Å². The molecule has 0 spiro atoms. The van der Waals surface area contributed by atoms with Crippen molar-refractivity contribution in [1.29, 1.82) is 0 Å². The van der Waals surface area contributed by atoms with Crippen LogP contribution in [0.3, 0.4) is 0 Å². The molecule has 0 bridgehead atoms. The van der Waals surface area contributed by atoms with Crippen LogP contribution in [0.5, 0.6) is 0 Å². The van der Waals surface area contributed by atoms with Crippen molar-refractivity contribution in [2.24, 2.45) is 0 Å². The molecule has 30 heavy (non-hydrogen) atoms. The van der Waals surface area contributed by atoms with E-state index in [9.17, 15) is 14.7 Å². The standard InChI is InChI=1S/C23H24Cl2N2O3/c1-14-5-7-15(8-6-14)21(28)19-20(16-9-10-17(24)18(25)13-16)27(23(30)22(19)29)12-4-11-26(2)3/h5-10,13,20,28H,4,11-12H2,1-3H3/b21-19+. The maximum Gasteiger partial charge on any atom is 0.295 e. The Morgan fingerprint density at radius 2 is 1.73 bits per heavy atom. The van der Waals surface area contributed by atoms with Crippen molar-refractivity contribution >= 4 is 40.7 Å². The first-order valence-electron chi connectivity index (χ1n) is 9.66. The third-order valence-corrected chi connectivity index (χ3v) is 5.87. The summed E-state index contributed by atoms with van der Waals surface area (Å²) in [5.74, 6) is -1.52. The number of nitrogens with zero attached hydrogens (tertiary/aromatic N) is 2. The van der Waals surface area contributed by atoms with E-state index in [0.717, 1.165) is 12.1 Å². The third kappa shape index (κ3) is 4.53. The zero-order chi connectivity index (χ0) is 22.0. The van der Waals surface area contributed by atoms with Gasteiger partial charge in [-0.25, -0.2) is 0 Å². The largest absolute Gasteiger partial charge is 0.507 e. The van der Waals surface area contributed by atoms with Crippen molar-refractivity contribution in [2.75, 3.05) is 27.2 Å². The molecule has 1 amide bonds. The Kier molecular flexibility index (Phi) is 6.86. The average molecular weight is 447 g/mol. The molecule has 5 nitrogen and oxygen atoms in total. The molecule has 0 aliphatic carbocycles. The summed E-state index contributed by atoms with van der Waals surface area (Å²) in [5.41, 5.74) is 2.20. The minimum Gasteiger partial charge on any atom is -0.507 e. The van der Waals surface area contributed by atoms with Gasteiger partial charge in [0.2, 0.25) is 0 Å². The monoisotopic (exact) mass is 446 g/mol. The first kappa shape index (κ1) is 22.3. The Bertz CT molecular complexity index is 1000. The highest BCUT2D eigenvalue weighted by molar-refractivity contribution is 6.46. The molecular weight excluding hydrogens is 423 g/mol. The fourth-order valence-corrected chi connectivity index (χ4v) is 3.87. The van der Waals surface area contributed by atoms with E-state index in [1.165, 1.54) is 4.90 Å². The Morgan fingerprint density at radius 1 is 1.07 bits per heavy atom. The zero-order valence-corrected chi connectivity index (χ0v) is 18.7. The highest BCUT2D eigenvalue weighted by Crippen LogP contribution is 2.41. The summed E-state index contributed by atoms with van der Waals surface area (Å²) in [4.78, 5) is 29.3. The van der Waals surface area contributed by atoms with Gasteiger partial charge in [-0.3, -0.25) is 9.59 Å². The van der Waals surface area contributed by atoms with Crippen LogP contribution in [0.2, 0.25) is 10.0 Å². The molecule has 0 radical (unpaired) electrons. The number of carbonyl (C=O) groups is 2. The second-order valence-corrected chi connectivity index (χ2v) is 8.50. The molecule has 3 rings (SSSR count).